The summed E-state index contributed by atoms with van der Waals surface area (Å²) in [6.07, 6.45) is 1.81. The number of carbonyl (C=O) groups is 1. The lowest BCUT2D eigenvalue weighted by Gasteiger charge is -2.38. The lowest BCUT2D eigenvalue weighted by Crippen LogP contribution is -2.51. The third-order valence-corrected chi connectivity index (χ3v) is 4.35. The van der Waals surface area contributed by atoms with Crippen LogP contribution in [0.3, 0.4) is 0 Å². The number of fused-ring (bicyclic) bond motifs is 1. The van der Waals surface area contributed by atoms with Gasteiger partial charge in [-0.05, 0) is 25.0 Å². The average Bonchev–Trinajstić information content (AvgIpc) is 2.60. The molecule has 2 unspecified atom stereocenters. The van der Waals surface area contributed by atoms with E-state index in [1.807, 2.05) is 35.2 Å². The Labute approximate surface area is 154 Å². The number of methoxy groups -OCH3 is 1. The van der Waals surface area contributed by atoms with E-state index < -0.39 is 0 Å². The predicted octanol–water partition coefficient (Wildman–Crippen LogP) is 2.66. The number of para-hydroxylation sites is 1. The van der Waals surface area contributed by atoms with Crippen LogP contribution in [0.15, 0.2) is 36.4 Å². The maximum Gasteiger partial charge on any atom is 0.272 e. The van der Waals surface area contributed by atoms with Gasteiger partial charge < -0.3 is 15.4 Å². The van der Waals surface area contributed by atoms with Gasteiger partial charge in [0.15, 0.2) is 0 Å². The van der Waals surface area contributed by atoms with E-state index in [4.69, 9.17) is 10.5 Å². The van der Waals surface area contributed by atoms with E-state index in [1.165, 1.54) is 0 Å². The van der Waals surface area contributed by atoms with Crippen molar-refractivity contribution in [1.29, 1.82) is 0 Å². The highest BCUT2D eigenvalue weighted by atomic mass is 35.5. The lowest BCUT2D eigenvalue weighted by molar-refractivity contribution is 0.0136. The molecule has 3 rings (SSSR count). The van der Waals surface area contributed by atoms with Crippen LogP contribution in [0.4, 0.5) is 0 Å². The second-order valence-corrected chi connectivity index (χ2v) is 5.66. The first-order chi connectivity index (χ1) is 10.7. The largest absolute Gasteiger partial charge is 0.381 e. The van der Waals surface area contributed by atoms with Crippen molar-refractivity contribution in [3.05, 3.63) is 42.1 Å². The van der Waals surface area contributed by atoms with Crippen molar-refractivity contribution in [2.24, 2.45) is 5.73 Å². The molecule has 1 amide bonds. The molecule has 0 spiro atoms. The molecule has 0 radical (unpaired) electrons. The van der Waals surface area contributed by atoms with Crippen LogP contribution in [0, 0.1) is 0 Å². The number of nitrogens with two attached hydrogens (primary N) is 1. The Morgan fingerprint density at radius 3 is 2.75 bits per heavy atom. The number of nitrogens with zero attached hydrogens (tertiary/aromatic N) is 2. The van der Waals surface area contributed by atoms with Crippen LogP contribution in [0.5, 0.6) is 0 Å². The Bertz CT molecular complexity index is 684. The highest BCUT2D eigenvalue weighted by Gasteiger charge is 2.31. The Morgan fingerprint density at radius 2 is 2.04 bits per heavy atom. The van der Waals surface area contributed by atoms with E-state index >= 15 is 0 Å². The van der Waals surface area contributed by atoms with Gasteiger partial charge in [0, 0.05) is 31.6 Å². The molecular weight excluding hydrogens is 349 g/mol. The molecule has 1 aromatic heterocycles. The molecule has 1 aliphatic heterocycles. The molecule has 1 fully saturated rings. The van der Waals surface area contributed by atoms with Gasteiger partial charge in [0.2, 0.25) is 0 Å². The first kappa shape index (κ1) is 20.6. The predicted molar refractivity (Wildman–Crippen MR) is 100 cm³/mol. The number of benzene rings is 1. The van der Waals surface area contributed by atoms with E-state index in [0.717, 1.165) is 23.7 Å². The van der Waals surface area contributed by atoms with E-state index in [1.54, 1.807) is 13.2 Å². The van der Waals surface area contributed by atoms with Gasteiger partial charge in [0.25, 0.3) is 5.91 Å². The van der Waals surface area contributed by atoms with Gasteiger partial charge in [-0.15, -0.1) is 24.8 Å². The number of piperidine rings is 1. The standard InChI is InChI=1S/C17H21N3O2.2ClH/c1-22-14-8-9-20(13(10-14)11-18)17(21)16-7-6-12-4-2-3-5-15(12)19-16;;/h2-7,13-14H,8-11,18H2,1H3;2*1H. The fourth-order valence-corrected chi connectivity index (χ4v) is 3.05. The van der Waals surface area contributed by atoms with Crippen molar-refractivity contribution in [2.45, 2.75) is 25.0 Å². The molecule has 0 saturated carbocycles. The maximum absolute atomic E-state index is 12.8. The quantitative estimate of drug-likeness (QED) is 0.900. The zero-order valence-corrected chi connectivity index (χ0v) is 15.2. The van der Waals surface area contributed by atoms with Crippen molar-refractivity contribution in [1.82, 2.24) is 9.88 Å². The second-order valence-electron chi connectivity index (χ2n) is 5.66. The number of amides is 1. The second kappa shape index (κ2) is 9.18. The number of pyridine rings is 1. The molecule has 1 aliphatic rings. The fourth-order valence-electron chi connectivity index (χ4n) is 3.05. The summed E-state index contributed by atoms with van der Waals surface area (Å²) < 4.78 is 5.41. The summed E-state index contributed by atoms with van der Waals surface area (Å²) >= 11 is 0. The molecule has 5 nitrogen and oxygen atoms in total. The molecule has 0 bridgehead atoms. The molecule has 0 aliphatic carbocycles. The summed E-state index contributed by atoms with van der Waals surface area (Å²) in [6, 6.07) is 11.5. The summed E-state index contributed by atoms with van der Waals surface area (Å²) in [5, 5.41) is 1.03. The lowest BCUT2D eigenvalue weighted by atomic mass is 9.98. The number of ether oxygens (including phenoxy) is 1. The minimum atomic E-state index is -0.0456. The van der Waals surface area contributed by atoms with Gasteiger partial charge >= 0.3 is 0 Å². The molecule has 2 atom stereocenters. The van der Waals surface area contributed by atoms with E-state index in [9.17, 15) is 4.79 Å². The van der Waals surface area contributed by atoms with Gasteiger partial charge in [-0.25, -0.2) is 4.98 Å². The maximum atomic E-state index is 12.8. The van der Waals surface area contributed by atoms with Crippen LogP contribution in [-0.4, -0.2) is 48.1 Å². The summed E-state index contributed by atoms with van der Waals surface area (Å²) in [5.74, 6) is -0.0456. The normalized spacial score (nSPS) is 20.2. The van der Waals surface area contributed by atoms with Gasteiger partial charge in [0.1, 0.15) is 5.69 Å². The van der Waals surface area contributed by atoms with Crippen molar-refractivity contribution in [3.8, 4) is 0 Å². The Balaban J connectivity index is 0.00000144. The van der Waals surface area contributed by atoms with Crippen LogP contribution in [0.2, 0.25) is 0 Å². The fraction of sp³-hybridized carbons (Fsp3) is 0.412. The molecule has 132 valence electrons. The van der Waals surface area contributed by atoms with Gasteiger partial charge in [-0.3, -0.25) is 4.79 Å². The highest BCUT2D eigenvalue weighted by molar-refractivity contribution is 5.95. The molecule has 1 saturated heterocycles. The molecule has 2 heterocycles. The average molecular weight is 372 g/mol. The van der Waals surface area contributed by atoms with Crippen molar-refractivity contribution in [2.75, 3.05) is 20.2 Å². The van der Waals surface area contributed by atoms with E-state index in [2.05, 4.69) is 4.98 Å². The van der Waals surface area contributed by atoms with Gasteiger partial charge in [-0.2, -0.15) is 0 Å². The first-order valence-electron chi connectivity index (χ1n) is 7.62. The minimum absolute atomic E-state index is 0. The number of carbonyl (C=O) groups excluding carboxylic acids is 1. The molecule has 2 N–H and O–H groups in total. The van der Waals surface area contributed by atoms with Crippen LogP contribution in [0.25, 0.3) is 10.9 Å². The van der Waals surface area contributed by atoms with E-state index in [-0.39, 0.29) is 42.9 Å². The summed E-state index contributed by atoms with van der Waals surface area (Å²) in [4.78, 5) is 19.1. The SMILES string of the molecule is COC1CCN(C(=O)c2ccc3ccccc3n2)C(CN)C1.Cl.Cl. The van der Waals surface area contributed by atoms with Crippen LogP contribution < -0.4 is 5.73 Å². The molecule has 1 aromatic carbocycles. The number of hydrogen-bond acceptors (Lipinski definition) is 4. The highest BCUT2D eigenvalue weighted by Crippen LogP contribution is 2.22. The molecular formula is C17H23Cl2N3O2. The zero-order chi connectivity index (χ0) is 15.5. The van der Waals surface area contributed by atoms with Crippen LogP contribution in [0.1, 0.15) is 23.3 Å². The molecule has 7 heteroatoms. The number of hydrogen-bond donors (Lipinski definition) is 1. The minimum Gasteiger partial charge on any atom is -0.381 e. The smallest absolute Gasteiger partial charge is 0.272 e. The van der Waals surface area contributed by atoms with Crippen molar-refractivity contribution in [3.63, 3.8) is 0 Å². The van der Waals surface area contributed by atoms with E-state index in [0.29, 0.717) is 18.8 Å². The third-order valence-electron chi connectivity index (χ3n) is 4.35. The Morgan fingerprint density at radius 1 is 1.29 bits per heavy atom. The van der Waals surface area contributed by atoms with Gasteiger partial charge in [-0.1, -0.05) is 24.3 Å². The number of halogens is 2. The van der Waals surface area contributed by atoms with Crippen LogP contribution >= 0.6 is 24.8 Å². The first-order valence-corrected chi connectivity index (χ1v) is 7.62. The third kappa shape index (κ3) is 4.16. The Hall–Kier alpha value is -1.40. The molecule has 24 heavy (non-hydrogen) atoms. The number of likely N-dealkylation sites (tertiary alicyclic amines) is 1. The van der Waals surface area contributed by atoms with Gasteiger partial charge in [0.05, 0.1) is 11.6 Å². The summed E-state index contributed by atoms with van der Waals surface area (Å²) in [7, 11) is 1.71. The van der Waals surface area contributed by atoms with Crippen molar-refractivity contribution >= 4 is 41.6 Å². The number of aromatic nitrogens is 1. The summed E-state index contributed by atoms with van der Waals surface area (Å²) in [6.45, 7) is 1.10. The topological polar surface area (TPSA) is 68.5 Å². The monoisotopic (exact) mass is 371 g/mol. The van der Waals surface area contributed by atoms with Crippen molar-refractivity contribution < 1.29 is 9.53 Å². The molecule has 2 aromatic rings. The zero-order valence-electron chi connectivity index (χ0n) is 13.6. The van der Waals surface area contributed by atoms with Crippen LogP contribution in [-0.2, 0) is 4.74 Å². The Kier molecular flexibility index (Phi) is 7.90. The number of rotatable bonds is 3. The summed E-state index contributed by atoms with van der Waals surface area (Å²) in [5.41, 5.74) is 7.16.